The highest BCUT2D eigenvalue weighted by Gasteiger charge is 2.59. The third-order valence-electron chi connectivity index (χ3n) is 6.56. The highest BCUT2D eigenvalue weighted by Crippen LogP contribution is 2.49. The Morgan fingerprint density at radius 1 is 1.42 bits per heavy atom. The summed E-state index contributed by atoms with van der Waals surface area (Å²) in [6.45, 7) is 5.69. The Labute approximate surface area is 179 Å². The standard InChI is InChI=1S/C23H22N6O2/c1-3-9-28-13-18(14-5-4-6-15(14)23(28)31)22(30)27(2)21-16-11-29(12-17(16)21)20-7-8-25-19(10-24)26-20/h3-5,7-8,13,16-17,21H,1,6,9,11-12H2,2H3/t16-,17+,21?. The molecule has 1 aliphatic heterocycles. The van der Waals surface area contributed by atoms with Crippen molar-refractivity contribution in [2.75, 3.05) is 25.0 Å². The van der Waals surface area contributed by atoms with E-state index in [9.17, 15) is 9.59 Å². The van der Waals surface area contributed by atoms with Gasteiger partial charge in [0, 0.05) is 62.5 Å². The molecule has 2 aromatic heterocycles. The third kappa shape index (κ3) is 3.05. The molecular weight excluding hydrogens is 392 g/mol. The molecule has 2 aromatic rings. The maximum Gasteiger partial charge on any atom is 0.255 e. The number of amides is 1. The predicted molar refractivity (Wildman–Crippen MR) is 115 cm³/mol. The smallest absolute Gasteiger partial charge is 0.255 e. The number of pyridine rings is 1. The van der Waals surface area contributed by atoms with Gasteiger partial charge in [-0.05, 0) is 18.1 Å². The first-order valence-corrected chi connectivity index (χ1v) is 10.3. The second-order valence-corrected chi connectivity index (χ2v) is 8.28. The Morgan fingerprint density at radius 3 is 2.90 bits per heavy atom. The van der Waals surface area contributed by atoms with Crippen LogP contribution in [0.1, 0.15) is 27.3 Å². The molecular formula is C23H22N6O2. The summed E-state index contributed by atoms with van der Waals surface area (Å²) in [5.74, 6) is 1.61. The molecule has 1 unspecified atom stereocenters. The van der Waals surface area contributed by atoms with Crippen molar-refractivity contribution in [3.05, 3.63) is 70.1 Å². The Bertz CT molecular complexity index is 1210. The summed E-state index contributed by atoms with van der Waals surface area (Å²) in [6.07, 6.45) is 9.31. The van der Waals surface area contributed by atoms with Crippen LogP contribution in [0.25, 0.3) is 6.08 Å². The van der Waals surface area contributed by atoms with E-state index in [1.54, 1.807) is 23.0 Å². The summed E-state index contributed by atoms with van der Waals surface area (Å²) >= 11 is 0. The molecule has 8 heteroatoms. The van der Waals surface area contributed by atoms with Crippen molar-refractivity contribution in [2.45, 2.75) is 19.0 Å². The molecule has 1 saturated carbocycles. The van der Waals surface area contributed by atoms with Crippen LogP contribution < -0.4 is 10.5 Å². The lowest BCUT2D eigenvalue weighted by molar-refractivity contribution is 0.0769. The van der Waals surface area contributed by atoms with Crippen LogP contribution in [0.4, 0.5) is 5.82 Å². The first kappa shape index (κ1) is 19.2. The molecule has 5 rings (SSSR count). The monoisotopic (exact) mass is 414 g/mol. The van der Waals surface area contributed by atoms with Crippen molar-refractivity contribution in [3.63, 3.8) is 0 Å². The van der Waals surface area contributed by atoms with E-state index in [4.69, 9.17) is 5.26 Å². The Morgan fingerprint density at radius 2 is 2.19 bits per heavy atom. The summed E-state index contributed by atoms with van der Waals surface area (Å²) in [4.78, 5) is 38.2. The molecule has 0 N–H and O–H groups in total. The van der Waals surface area contributed by atoms with Gasteiger partial charge in [-0.15, -0.1) is 6.58 Å². The van der Waals surface area contributed by atoms with Crippen LogP contribution in [-0.4, -0.2) is 51.5 Å². The van der Waals surface area contributed by atoms with Crippen molar-refractivity contribution >= 4 is 17.8 Å². The minimum atomic E-state index is -0.0559. The fourth-order valence-electron chi connectivity index (χ4n) is 5.02. The fourth-order valence-corrected chi connectivity index (χ4v) is 5.02. The van der Waals surface area contributed by atoms with Gasteiger partial charge in [0.1, 0.15) is 11.9 Å². The number of piperidine rings is 1. The Kier molecular flexibility index (Phi) is 4.47. The van der Waals surface area contributed by atoms with Crippen LogP contribution in [0.5, 0.6) is 0 Å². The number of anilines is 1. The minimum Gasteiger partial charge on any atom is -0.356 e. The minimum absolute atomic E-state index is 0.0552. The van der Waals surface area contributed by atoms with Gasteiger partial charge in [0.2, 0.25) is 5.82 Å². The fraction of sp³-hybridized carbons (Fsp3) is 0.348. The molecule has 8 nitrogen and oxygen atoms in total. The molecule has 3 heterocycles. The Hall–Kier alpha value is -3.73. The molecule has 3 aliphatic rings. The van der Waals surface area contributed by atoms with Crippen LogP contribution in [0, 0.1) is 23.2 Å². The third-order valence-corrected chi connectivity index (χ3v) is 6.56. The zero-order chi connectivity index (χ0) is 21.7. The summed E-state index contributed by atoms with van der Waals surface area (Å²) in [5, 5.41) is 9.02. The molecule has 0 spiro atoms. The molecule has 0 bridgehead atoms. The van der Waals surface area contributed by atoms with Crippen LogP contribution in [0.15, 0.2) is 42.0 Å². The van der Waals surface area contributed by atoms with Crippen LogP contribution in [0.3, 0.4) is 0 Å². The number of carbonyl (C=O) groups is 1. The van der Waals surface area contributed by atoms with Crippen molar-refractivity contribution in [3.8, 4) is 6.07 Å². The van der Waals surface area contributed by atoms with E-state index < -0.39 is 0 Å². The van der Waals surface area contributed by atoms with Crippen molar-refractivity contribution in [2.24, 2.45) is 11.8 Å². The molecule has 1 saturated heterocycles. The van der Waals surface area contributed by atoms with E-state index in [0.29, 0.717) is 35.9 Å². The summed E-state index contributed by atoms with van der Waals surface area (Å²) in [5.41, 5.74) is 1.95. The van der Waals surface area contributed by atoms with Crippen molar-refractivity contribution in [1.82, 2.24) is 19.4 Å². The first-order chi connectivity index (χ1) is 15.0. The SMILES string of the molecule is C=CCn1cc(C(=O)N(C)C2[C@H]3CN(c4ccnc(C#N)n4)C[C@@H]23)c2c(c1=O)CC=C2. The molecule has 0 radical (unpaired) electrons. The Balaban J connectivity index is 1.34. The molecule has 2 aliphatic carbocycles. The average molecular weight is 414 g/mol. The zero-order valence-electron chi connectivity index (χ0n) is 17.2. The zero-order valence-corrected chi connectivity index (χ0v) is 17.2. The van der Waals surface area contributed by atoms with Gasteiger partial charge < -0.3 is 14.4 Å². The van der Waals surface area contributed by atoms with Gasteiger partial charge in [-0.1, -0.05) is 18.2 Å². The van der Waals surface area contributed by atoms with E-state index >= 15 is 0 Å². The first-order valence-electron chi connectivity index (χ1n) is 10.3. The number of nitrogens with zero attached hydrogens (tertiary/aromatic N) is 6. The van der Waals surface area contributed by atoms with Gasteiger partial charge in [-0.3, -0.25) is 9.59 Å². The highest BCUT2D eigenvalue weighted by molar-refractivity contribution is 5.98. The summed E-state index contributed by atoms with van der Waals surface area (Å²) in [7, 11) is 1.85. The van der Waals surface area contributed by atoms with Gasteiger partial charge in [0.05, 0.1) is 5.56 Å². The van der Waals surface area contributed by atoms with Gasteiger partial charge in [-0.2, -0.15) is 5.26 Å². The van der Waals surface area contributed by atoms with Crippen LogP contribution in [-0.2, 0) is 13.0 Å². The van der Waals surface area contributed by atoms with E-state index in [1.807, 2.05) is 36.2 Å². The lowest BCUT2D eigenvalue weighted by atomic mass is 10.1. The summed E-state index contributed by atoms with van der Waals surface area (Å²) in [6, 6.07) is 3.96. The van der Waals surface area contributed by atoms with Crippen molar-refractivity contribution < 1.29 is 4.79 Å². The van der Waals surface area contributed by atoms with Gasteiger partial charge in [-0.25, -0.2) is 9.97 Å². The quantitative estimate of drug-likeness (QED) is 0.688. The number of fused-ring (bicyclic) bond motifs is 2. The average Bonchev–Trinajstić information content (AvgIpc) is 3.15. The maximum absolute atomic E-state index is 13.4. The maximum atomic E-state index is 13.4. The van der Waals surface area contributed by atoms with Gasteiger partial charge >= 0.3 is 0 Å². The summed E-state index contributed by atoms with van der Waals surface area (Å²) < 4.78 is 1.57. The lowest BCUT2D eigenvalue weighted by Gasteiger charge is -2.26. The second kappa shape index (κ2) is 7.20. The number of allylic oxidation sites excluding steroid dienone is 2. The van der Waals surface area contributed by atoms with Crippen LogP contribution >= 0.6 is 0 Å². The normalized spacial score (nSPS) is 22.6. The van der Waals surface area contributed by atoms with Crippen molar-refractivity contribution in [1.29, 1.82) is 5.26 Å². The number of carbonyl (C=O) groups excluding carboxylic acids is 1. The molecule has 31 heavy (non-hydrogen) atoms. The van der Waals surface area contributed by atoms with E-state index in [1.165, 1.54) is 0 Å². The van der Waals surface area contributed by atoms with E-state index in [2.05, 4.69) is 21.4 Å². The number of hydrogen-bond donors (Lipinski definition) is 0. The molecule has 0 aromatic carbocycles. The predicted octanol–water partition coefficient (Wildman–Crippen LogP) is 1.47. The molecule has 3 atom stereocenters. The molecule has 2 fully saturated rings. The van der Waals surface area contributed by atoms with E-state index in [0.717, 1.165) is 24.5 Å². The van der Waals surface area contributed by atoms with E-state index in [-0.39, 0.29) is 23.3 Å². The van der Waals surface area contributed by atoms with Gasteiger partial charge in [0.25, 0.3) is 11.5 Å². The number of aromatic nitrogens is 3. The topological polar surface area (TPSA) is 95.1 Å². The second-order valence-electron chi connectivity index (χ2n) is 8.28. The number of nitriles is 1. The lowest BCUT2D eigenvalue weighted by Crippen LogP contribution is -2.37. The molecule has 156 valence electrons. The van der Waals surface area contributed by atoms with Crippen LogP contribution in [0.2, 0.25) is 0 Å². The molecule has 1 amide bonds. The highest BCUT2D eigenvalue weighted by atomic mass is 16.2. The number of hydrogen-bond acceptors (Lipinski definition) is 6. The number of rotatable bonds is 5. The largest absolute Gasteiger partial charge is 0.356 e. The van der Waals surface area contributed by atoms with Gasteiger partial charge in [0.15, 0.2) is 0 Å².